The van der Waals surface area contributed by atoms with Crippen molar-refractivity contribution in [3.05, 3.63) is 82.6 Å². The molecule has 6 rings (SSSR count). The molecule has 2 aromatic rings. The maximum Gasteiger partial charge on any atom is 0.456 e. The highest BCUT2D eigenvalue weighted by Gasteiger charge is 2.79. The van der Waals surface area contributed by atoms with Gasteiger partial charge in [0.2, 0.25) is 0 Å². The highest BCUT2D eigenvalue weighted by molar-refractivity contribution is 6.03. The molecule has 4 aliphatic rings. The molecule has 2 fully saturated rings. The van der Waals surface area contributed by atoms with E-state index in [1.165, 1.54) is 6.92 Å². The van der Waals surface area contributed by atoms with Crippen LogP contribution in [0, 0.1) is 17.3 Å². The summed E-state index contributed by atoms with van der Waals surface area (Å²) < 4.78 is 71.5. The van der Waals surface area contributed by atoms with Gasteiger partial charge < -0.3 is 10.4 Å². The van der Waals surface area contributed by atoms with Crippen molar-refractivity contribution in [1.82, 2.24) is 4.98 Å². The van der Waals surface area contributed by atoms with Crippen LogP contribution in [0.2, 0.25) is 0 Å². The van der Waals surface area contributed by atoms with Gasteiger partial charge in [0.25, 0.3) is 5.91 Å². The molecule has 0 saturated heterocycles. The minimum Gasteiger partial charge on any atom is -0.383 e. The van der Waals surface area contributed by atoms with Gasteiger partial charge in [-0.3, -0.25) is 9.59 Å². The molecule has 0 radical (unpaired) electrons. The molecule has 1 amide bonds. The fourth-order valence-electron chi connectivity index (χ4n) is 8.21. The summed E-state index contributed by atoms with van der Waals surface area (Å²) in [7, 11) is 0. The maximum atomic E-state index is 15.1. The normalized spacial score (nSPS) is 31.2. The molecular formula is C32H31F5N2O3. The number of nitrogens with one attached hydrogen (secondary N) is 1. The molecule has 2 saturated carbocycles. The summed E-state index contributed by atoms with van der Waals surface area (Å²) in [6, 6.07) is 11.7. The Morgan fingerprint density at radius 3 is 2.43 bits per heavy atom. The monoisotopic (exact) mass is 586 g/mol. The van der Waals surface area contributed by atoms with E-state index in [0.29, 0.717) is 42.6 Å². The lowest BCUT2D eigenvalue weighted by atomic mass is 9.50. The van der Waals surface area contributed by atoms with E-state index in [2.05, 4.69) is 10.3 Å². The van der Waals surface area contributed by atoms with Crippen LogP contribution in [0.3, 0.4) is 0 Å². The van der Waals surface area contributed by atoms with Crippen LogP contribution < -0.4 is 5.32 Å². The van der Waals surface area contributed by atoms with Crippen molar-refractivity contribution in [3.63, 3.8) is 0 Å². The molecule has 10 heteroatoms. The Hall–Kier alpha value is -3.40. The lowest BCUT2D eigenvalue weighted by molar-refractivity contribution is -0.362. The number of anilines is 1. The number of aromatic nitrogens is 1. The van der Waals surface area contributed by atoms with Crippen molar-refractivity contribution in [2.24, 2.45) is 17.3 Å². The van der Waals surface area contributed by atoms with Gasteiger partial charge in [0.05, 0.1) is 0 Å². The molecule has 5 atom stereocenters. The topological polar surface area (TPSA) is 79.3 Å². The van der Waals surface area contributed by atoms with Crippen LogP contribution in [0.25, 0.3) is 0 Å². The molecule has 0 aliphatic heterocycles. The molecule has 1 heterocycles. The van der Waals surface area contributed by atoms with Gasteiger partial charge in [-0.2, -0.15) is 22.0 Å². The van der Waals surface area contributed by atoms with E-state index >= 15 is 8.78 Å². The SMILES string of the molecule is C[C@]12C[C@H](c3ccc(C(=O)Nc4ccccn4)cc3)C3=C4CCC(=O)C=C4CC[C@H]3[C@@H]1CC[C@@]2(O)C(F)(F)C(F)(F)F. The highest BCUT2D eigenvalue weighted by Crippen LogP contribution is 2.70. The number of hydrogen-bond acceptors (Lipinski definition) is 4. The number of benzene rings is 1. The zero-order valence-electron chi connectivity index (χ0n) is 23.0. The van der Waals surface area contributed by atoms with Crippen LogP contribution >= 0.6 is 0 Å². The number of carbonyl (C=O) groups is 2. The second-order valence-electron chi connectivity index (χ2n) is 12.3. The first-order valence-electron chi connectivity index (χ1n) is 14.2. The second-order valence-corrected chi connectivity index (χ2v) is 12.3. The number of amides is 1. The smallest absolute Gasteiger partial charge is 0.383 e. The quantitative estimate of drug-likeness (QED) is 0.373. The van der Waals surface area contributed by atoms with E-state index in [1.54, 1.807) is 54.7 Å². The number of aliphatic hydroxyl groups is 1. The number of rotatable bonds is 4. The van der Waals surface area contributed by atoms with E-state index in [-0.39, 0.29) is 24.5 Å². The lowest BCUT2D eigenvalue weighted by Gasteiger charge is -2.56. The highest BCUT2D eigenvalue weighted by atomic mass is 19.4. The zero-order chi connectivity index (χ0) is 30.1. The molecule has 0 spiro atoms. The largest absolute Gasteiger partial charge is 0.456 e. The van der Waals surface area contributed by atoms with Crippen molar-refractivity contribution < 1.29 is 36.6 Å². The van der Waals surface area contributed by atoms with Gasteiger partial charge in [0.15, 0.2) is 5.78 Å². The number of pyridine rings is 1. The molecule has 2 N–H and O–H groups in total. The van der Waals surface area contributed by atoms with Gasteiger partial charge in [-0.25, -0.2) is 4.98 Å². The van der Waals surface area contributed by atoms with E-state index in [0.717, 1.165) is 16.7 Å². The molecule has 4 aliphatic carbocycles. The van der Waals surface area contributed by atoms with Gasteiger partial charge in [-0.05, 0) is 97.4 Å². The molecule has 1 aromatic carbocycles. The van der Waals surface area contributed by atoms with E-state index in [9.17, 15) is 27.9 Å². The van der Waals surface area contributed by atoms with E-state index < -0.39 is 47.3 Å². The minimum absolute atomic E-state index is 0.0216. The van der Waals surface area contributed by atoms with Crippen LogP contribution in [0.1, 0.15) is 73.7 Å². The Labute approximate surface area is 239 Å². The predicted molar refractivity (Wildman–Crippen MR) is 145 cm³/mol. The number of ketones is 1. The number of hydrogen-bond donors (Lipinski definition) is 2. The van der Waals surface area contributed by atoms with Crippen LogP contribution in [0.5, 0.6) is 0 Å². The minimum atomic E-state index is -5.90. The maximum absolute atomic E-state index is 15.1. The average molecular weight is 587 g/mol. The number of fused-ring (bicyclic) bond motifs is 4. The summed E-state index contributed by atoms with van der Waals surface area (Å²) in [4.78, 5) is 29.1. The van der Waals surface area contributed by atoms with Crippen molar-refractivity contribution in [2.75, 3.05) is 5.32 Å². The third-order valence-corrected chi connectivity index (χ3v) is 10.2. The third kappa shape index (κ3) is 4.24. The second kappa shape index (κ2) is 9.82. The summed E-state index contributed by atoms with van der Waals surface area (Å²) in [6.07, 6.45) is -1.59. The van der Waals surface area contributed by atoms with Crippen molar-refractivity contribution in [1.29, 1.82) is 0 Å². The first-order chi connectivity index (χ1) is 19.8. The van der Waals surface area contributed by atoms with Gasteiger partial charge in [0, 0.05) is 29.5 Å². The number of nitrogens with zero attached hydrogens (tertiary/aromatic N) is 1. The summed E-state index contributed by atoms with van der Waals surface area (Å²) >= 11 is 0. The Balaban J connectivity index is 1.42. The molecule has 0 bridgehead atoms. The average Bonchev–Trinajstić information content (AvgIpc) is 3.23. The summed E-state index contributed by atoms with van der Waals surface area (Å²) in [5, 5.41) is 14.1. The Bertz CT molecular complexity index is 1480. The fourth-order valence-corrected chi connectivity index (χ4v) is 8.21. The Kier molecular flexibility index (Phi) is 6.72. The number of carbonyl (C=O) groups excluding carboxylic acids is 2. The van der Waals surface area contributed by atoms with Crippen LogP contribution in [0.4, 0.5) is 27.8 Å². The van der Waals surface area contributed by atoms with Crippen LogP contribution in [-0.2, 0) is 4.79 Å². The Morgan fingerprint density at radius 2 is 1.76 bits per heavy atom. The first kappa shape index (κ1) is 28.7. The number of alkyl halides is 5. The van der Waals surface area contributed by atoms with Crippen molar-refractivity contribution in [3.8, 4) is 0 Å². The van der Waals surface area contributed by atoms with Gasteiger partial charge in [0.1, 0.15) is 11.4 Å². The summed E-state index contributed by atoms with van der Waals surface area (Å²) in [5.41, 5.74) is -1.12. The molecular weight excluding hydrogens is 555 g/mol. The van der Waals surface area contributed by atoms with Gasteiger partial charge in [-0.1, -0.05) is 30.7 Å². The van der Waals surface area contributed by atoms with Gasteiger partial charge in [-0.15, -0.1) is 0 Å². The molecule has 222 valence electrons. The summed E-state index contributed by atoms with van der Waals surface area (Å²) in [5.74, 6) is -6.75. The van der Waals surface area contributed by atoms with E-state index in [4.69, 9.17) is 0 Å². The number of halogens is 5. The van der Waals surface area contributed by atoms with Crippen molar-refractivity contribution >= 4 is 17.5 Å². The predicted octanol–water partition coefficient (Wildman–Crippen LogP) is 7.16. The first-order valence-corrected chi connectivity index (χ1v) is 14.2. The van der Waals surface area contributed by atoms with Crippen LogP contribution in [-0.4, -0.2) is 39.5 Å². The van der Waals surface area contributed by atoms with E-state index in [1.807, 2.05) is 0 Å². The van der Waals surface area contributed by atoms with Crippen LogP contribution in [0.15, 0.2) is 71.5 Å². The van der Waals surface area contributed by atoms with Gasteiger partial charge >= 0.3 is 12.1 Å². The zero-order valence-corrected chi connectivity index (χ0v) is 23.0. The Morgan fingerprint density at radius 1 is 1.02 bits per heavy atom. The standard InChI is InChI=1S/C32H31F5N2O3/c1-29-17-24(18-5-7-19(8-6-18)28(41)39-26-4-2-3-15-38-26)27-22-12-10-21(40)16-20(22)9-11-23(27)25(29)13-14-30(29,42)31(33,34)32(35,36)37/h2-8,15-16,23-25,42H,9-14,17H2,1H3,(H,38,39,41)/t23-,24+,25-,29-,30-/m0/s1. The fraction of sp³-hybridized carbons (Fsp3) is 0.469. The molecule has 1 aromatic heterocycles. The lowest BCUT2D eigenvalue weighted by Crippen LogP contribution is -2.65. The van der Waals surface area contributed by atoms with Crippen molar-refractivity contribution in [2.45, 2.75) is 75.5 Å². The summed E-state index contributed by atoms with van der Waals surface area (Å²) in [6.45, 7) is 1.39. The number of allylic oxidation sites excluding steroid dienone is 4. The molecule has 42 heavy (non-hydrogen) atoms. The third-order valence-electron chi connectivity index (χ3n) is 10.2. The molecule has 5 nitrogen and oxygen atoms in total. The molecule has 0 unspecified atom stereocenters.